The number of alkyl halides is 3. The van der Waals surface area contributed by atoms with Crippen molar-refractivity contribution in [1.29, 1.82) is 0 Å². The Labute approximate surface area is 171 Å². The van der Waals surface area contributed by atoms with E-state index < -0.39 is 23.5 Å². The highest BCUT2D eigenvalue weighted by atomic mass is 19.4. The second-order valence-corrected chi connectivity index (χ2v) is 6.92. The summed E-state index contributed by atoms with van der Waals surface area (Å²) in [5, 5.41) is 2.65. The molecule has 1 amide bonds. The maximum absolute atomic E-state index is 13.3. The zero-order chi connectivity index (χ0) is 22.1. The number of aryl methyl sites for hydroxylation is 2. The fourth-order valence-electron chi connectivity index (χ4n) is 2.89. The average Bonchev–Trinajstić information content (AvgIpc) is 2.67. The minimum atomic E-state index is -4.63. The normalized spacial score (nSPS) is 11.3. The number of ether oxygens (including phenoxy) is 1. The molecular formula is C23H19F4NO2. The highest BCUT2D eigenvalue weighted by molar-refractivity contribution is 6.06. The van der Waals surface area contributed by atoms with Crippen LogP contribution in [0.15, 0.2) is 54.6 Å². The van der Waals surface area contributed by atoms with E-state index in [-0.39, 0.29) is 17.1 Å². The molecule has 30 heavy (non-hydrogen) atoms. The van der Waals surface area contributed by atoms with Crippen LogP contribution < -0.4 is 10.1 Å². The third kappa shape index (κ3) is 4.62. The van der Waals surface area contributed by atoms with Gasteiger partial charge in [0.2, 0.25) is 0 Å². The average molecular weight is 417 g/mol. The molecule has 1 N–H and O–H groups in total. The van der Waals surface area contributed by atoms with Gasteiger partial charge in [0.1, 0.15) is 17.3 Å². The van der Waals surface area contributed by atoms with Crippen molar-refractivity contribution in [2.45, 2.75) is 26.9 Å². The van der Waals surface area contributed by atoms with Crippen LogP contribution in [0.5, 0.6) is 11.5 Å². The fraction of sp³-hybridized carbons (Fsp3) is 0.174. The van der Waals surface area contributed by atoms with Gasteiger partial charge in [-0.25, -0.2) is 4.39 Å². The summed E-state index contributed by atoms with van der Waals surface area (Å²) < 4.78 is 58.7. The standard InChI is InChI=1S/C23H19F4NO2/c1-13-5-4-6-19(15(13)3)28-22(29)18-12-16(23(25,26)27)7-9-21(18)30-20-10-8-17(24)11-14(20)2/h4-12H,1-3H3,(H,28,29). The second kappa shape index (κ2) is 8.18. The predicted octanol–water partition coefficient (Wildman–Crippen LogP) is 6.81. The van der Waals surface area contributed by atoms with E-state index in [1.165, 1.54) is 18.2 Å². The van der Waals surface area contributed by atoms with Crippen molar-refractivity contribution in [2.75, 3.05) is 5.32 Å². The maximum atomic E-state index is 13.3. The van der Waals surface area contributed by atoms with Crippen molar-refractivity contribution < 1.29 is 27.1 Å². The van der Waals surface area contributed by atoms with Crippen LogP contribution in [0.4, 0.5) is 23.2 Å². The number of halogens is 4. The lowest BCUT2D eigenvalue weighted by Crippen LogP contribution is -2.16. The highest BCUT2D eigenvalue weighted by Crippen LogP contribution is 2.35. The number of hydrogen-bond donors (Lipinski definition) is 1. The lowest BCUT2D eigenvalue weighted by molar-refractivity contribution is -0.137. The molecule has 3 rings (SSSR count). The number of benzene rings is 3. The summed E-state index contributed by atoms with van der Waals surface area (Å²) in [6.45, 7) is 5.26. The molecule has 0 saturated heterocycles. The first-order valence-corrected chi connectivity index (χ1v) is 9.09. The SMILES string of the molecule is Cc1cc(F)ccc1Oc1ccc(C(F)(F)F)cc1C(=O)Nc1cccc(C)c1C. The van der Waals surface area contributed by atoms with E-state index in [1.54, 1.807) is 26.0 Å². The number of nitrogens with one attached hydrogen (secondary N) is 1. The van der Waals surface area contributed by atoms with Crippen LogP contribution in [-0.2, 0) is 6.18 Å². The Hall–Kier alpha value is -3.35. The van der Waals surface area contributed by atoms with Crippen molar-refractivity contribution in [3.63, 3.8) is 0 Å². The molecule has 0 aromatic heterocycles. The van der Waals surface area contributed by atoms with Gasteiger partial charge in [0, 0.05) is 5.69 Å². The summed E-state index contributed by atoms with van der Waals surface area (Å²) in [5.74, 6) is -1.05. The third-order valence-corrected chi connectivity index (χ3v) is 4.76. The van der Waals surface area contributed by atoms with Gasteiger partial charge in [0.05, 0.1) is 11.1 Å². The van der Waals surface area contributed by atoms with Crippen LogP contribution in [0.25, 0.3) is 0 Å². The topological polar surface area (TPSA) is 38.3 Å². The van der Waals surface area contributed by atoms with Crippen LogP contribution in [0.1, 0.15) is 32.6 Å². The lowest BCUT2D eigenvalue weighted by Gasteiger charge is -2.16. The Kier molecular flexibility index (Phi) is 5.82. The van der Waals surface area contributed by atoms with Crippen LogP contribution in [-0.4, -0.2) is 5.91 Å². The van der Waals surface area contributed by atoms with Crippen molar-refractivity contribution >= 4 is 11.6 Å². The molecule has 3 aromatic rings. The highest BCUT2D eigenvalue weighted by Gasteiger charge is 2.32. The minimum absolute atomic E-state index is 0.0690. The van der Waals surface area contributed by atoms with E-state index in [0.717, 1.165) is 29.3 Å². The molecule has 3 aromatic carbocycles. The van der Waals surface area contributed by atoms with E-state index in [1.807, 2.05) is 13.0 Å². The number of carbonyl (C=O) groups excluding carboxylic acids is 1. The smallest absolute Gasteiger partial charge is 0.416 e. The van der Waals surface area contributed by atoms with Crippen molar-refractivity contribution in [1.82, 2.24) is 0 Å². The summed E-state index contributed by atoms with van der Waals surface area (Å²) in [6.07, 6.45) is -4.63. The van der Waals surface area contributed by atoms with E-state index in [2.05, 4.69) is 5.32 Å². The molecule has 156 valence electrons. The van der Waals surface area contributed by atoms with Gasteiger partial charge < -0.3 is 10.1 Å². The van der Waals surface area contributed by atoms with Gasteiger partial charge in [-0.2, -0.15) is 13.2 Å². The van der Waals surface area contributed by atoms with Crippen LogP contribution >= 0.6 is 0 Å². The number of carbonyl (C=O) groups is 1. The summed E-state index contributed by atoms with van der Waals surface area (Å²) in [4.78, 5) is 12.9. The number of anilines is 1. The maximum Gasteiger partial charge on any atom is 0.416 e. The summed E-state index contributed by atoms with van der Waals surface area (Å²) in [5.41, 5.74) is 1.40. The van der Waals surface area contributed by atoms with E-state index in [9.17, 15) is 22.4 Å². The van der Waals surface area contributed by atoms with Crippen molar-refractivity contribution in [2.24, 2.45) is 0 Å². The molecule has 0 aliphatic carbocycles. The molecule has 0 bridgehead atoms. The van der Waals surface area contributed by atoms with Gasteiger partial charge in [0.15, 0.2) is 0 Å². The minimum Gasteiger partial charge on any atom is -0.456 e. The Morgan fingerprint density at radius 3 is 2.27 bits per heavy atom. The zero-order valence-corrected chi connectivity index (χ0v) is 16.5. The van der Waals surface area contributed by atoms with Gasteiger partial charge >= 0.3 is 6.18 Å². The molecule has 0 atom stereocenters. The molecule has 0 fully saturated rings. The van der Waals surface area contributed by atoms with Gasteiger partial charge in [-0.15, -0.1) is 0 Å². The van der Waals surface area contributed by atoms with Crippen molar-refractivity contribution in [3.05, 3.63) is 88.2 Å². The van der Waals surface area contributed by atoms with Crippen LogP contribution in [0.3, 0.4) is 0 Å². The molecule has 7 heteroatoms. The summed E-state index contributed by atoms with van der Waals surface area (Å²) >= 11 is 0. The largest absolute Gasteiger partial charge is 0.456 e. The Morgan fingerprint density at radius 2 is 1.60 bits per heavy atom. The van der Waals surface area contributed by atoms with E-state index >= 15 is 0 Å². The Bertz CT molecular complexity index is 1110. The number of rotatable bonds is 4. The molecular weight excluding hydrogens is 398 g/mol. The fourth-order valence-corrected chi connectivity index (χ4v) is 2.89. The molecule has 0 heterocycles. The first kappa shape index (κ1) is 21.4. The Balaban J connectivity index is 2.03. The first-order chi connectivity index (χ1) is 14.1. The van der Waals surface area contributed by atoms with Crippen molar-refractivity contribution in [3.8, 4) is 11.5 Å². The molecule has 0 unspecified atom stereocenters. The molecule has 0 spiro atoms. The van der Waals surface area contributed by atoms with Gasteiger partial charge in [-0.3, -0.25) is 4.79 Å². The van der Waals surface area contributed by atoms with E-state index in [0.29, 0.717) is 11.3 Å². The van der Waals surface area contributed by atoms with Gasteiger partial charge in [-0.05, 0) is 79.9 Å². The molecule has 0 aliphatic rings. The van der Waals surface area contributed by atoms with Crippen LogP contribution in [0.2, 0.25) is 0 Å². The summed E-state index contributed by atoms with van der Waals surface area (Å²) in [6, 6.07) is 11.7. The monoisotopic (exact) mass is 417 g/mol. The predicted molar refractivity (Wildman–Crippen MR) is 107 cm³/mol. The lowest BCUT2D eigenvalue weighted by atomic mass is 10.1. The third-order valence-electron chi connectivity index (χ3n) is 4.76. The Morgan fingerprint density at radius 1 is 0.900 bits per heavy atom. The molecule has 0 saturated carbocycles. The van der Waals surface area contributed by atoms with Gasteiger partial charge in [-0.1, -0.05) is 12.1 Å². The molecule has 3 nitrogen and oxygen atoms in total. The van der Waals surface area contributed by atoms with Crippen LogP contribution in [0, 0.1) is 26.6 Å². The molecule has 0 aliphatic heterocycles. The van der Waals surface area contributed by atoms with E-state index in [4.69, 9.17) is 4.74 Å². The second-order valence-electron chi connectivity index (χ2n) is 6.92. The first-order valence-electron chi connectivity index (χ1n) is 9.09. The number of amides is 1. The zero-order valence-electron chi connectivity index (χ0n) is 16.5. The molecule has 0 radical (unpaired) electrons. The quantitative estimate of drug-likeness (QED) is 0.473. The summed E-state index contributed by atoms with van der Waals surface area (Å²) in [7, 11) is 0. The van der Waals surface area contributed by atoms with Gasteiger partial charge in [0.25, 0.3) is 5.91 Å². The number of hydrogen-bond acceptors (Lipinski definition) is 2.